The van der Waals surface area contributed by atoms with Crippen LogP contribution in [0.5, 0.6) is 0 Å². The number of aliphatic hydroxyl groups excluding tert-OH is 1. The molecule has 1 aliphatic rings. The summed E-state index contributed by atoms with van der Waals surface area (Å²) < 4.78 is 0. The first-order valence-electron chi connectivity index (χ1n) is 6.24. The van der Waals surface area contributed by atoms with Gasteiger partial charge in [-0.25, -0.2) is 0 Å². The van der Waals surface area contributed by atoms with Crippen LogP contribution in [-0.2, 0) is 6.54 Å². The van der Waals surface area contributed by atoms with Crippen molar-refractivity contribution < 1.29 is 5.11 Å². The van der Waals surface area contributed by atoms with E-state index in [9.17, 15) is 5.11 Å². The van der Waals surface area contributed by atoms with Gasteiger partial charge >= 0.3 is 0 Å². The Balaban J connectivity index is 2.11. The zero-order valence-electron chi connectivity index (χ0n) is 10.3. The number of piperidine rings is 1. The van der Waals surface area contributed by atoms with E-state index < -0.39 is 0 Å². The molecule has 3 heteroatoms. The van der Waals surface area contributed by atoms with Crippen LogP contribution in [0.25, 0.3) is 0 Å². The van der Waals surface area contributed by atoms with E-state index in [0.29, 0.717) is 0 Å². The molecule has 1 heterocycles. The molecule has 0 spiro atoms. The van der Waals surface area contributed by atoms with E-state index in [1.807, 2.05) is 18.2 Å². The zero-order valence-corrected chi connectivity index (χ0v) is 11.1. The molecular formula is C14H20ClNO. The number of rotatable bonds is 3. The largest absolute Gasteiger partial charge is 0.394 e. The van der Waals surface area contributed by atoms with Crippen molar-refractivity contribution in [3.8, 4) is 0 Å². The predicted octanol–water partition coefficient (Wildman–Crippen LogP) is 3.08. The summed E-state index contributed by atoms with van der Waals surface area (Å²) in [5, 5.41) is 10.4. The minimum absolute atomic E-state index is 0.0689. The van der Waals surface area contributed by atoms with Crippen LogP contribution in [0.2, 0.25) is 5.02 Å². The second-order valence-corrected chi connectivity index (χ2v) is 5.60. The summed E-state index contributed by atoms with van der Waals surface area (Å²) in [5.41, 5.74) is 1.15. The molecule has 1 N–H and O–H groups in total. The molecule has 2 nitrogen and oxygen atoms in total. The van der Waals surface area contributed by atoms with Gasteiger partial charge in [-0.05, 0) is 44.0 Å². The van der Waals surface area contributed by atoms with Crippen LogP contribution in [0, 0.1) is 0 Å². The Morgan fingerprint density at radius 3 is 2.94 bits per heavy atom. The molecule has 1 fully saturated rings. The van der Waals surface area contributed by atoms with E-state index in [4.69, 9.17) is 11.6 Å². The zero-order chi connectivity index (χ0) is 12.3. The van der Waals surface area contributed by atoms with Gasteiger partial charge in [0.2, 0.25) is 0 Å². The minimum atomic E-state index is -0.0689. The molecule has 1 aliphatic heterocycles. The summed E-state index contributed by atoms with van der Waals surface area (Å²) in [7, 11) is 0. The fourth-order valence-electron chi connectivity index (χ4n) is 2.54. The Morgan fingerprint density at radius 1 is 1.41 bits per heavy atom. The summed E-state index contributed by atoms with van der Waals surface area (Å²) in [4.78, 5) is 2.38. The van der Waals surface area contributed by atoms with Crippen LogP contribution < -0.4 is 0 Å². The molecule has 1 aromatic carbocycles. The number of benzene rings is 1. The molecule has 94 valence electrons. The maximum Gasteiger partial charge on any atom is 0.0612 e. The van der Waals surface area contributed by atoms with Gasteiger partial charge in [0.1, 0.15) is 0 Å². The van der Waals surface area contributed by atoms with Crippen molar-refractivity contribution in [1.82, 2.24) is 4.90 Å². The molecular weight excluding hydrogens is 234 g/mol. The highest BCUT2D eigenvalue weighted by Gasteiger charge is 2.33. The SMILES string of the molecule is C[C@@]1(CO)CCCCN1Cc1cccc(Cl)c1. The van der Waals surface area contributed by atoms with Gasteiger partial charge in [-0.1, -0.05) is 30.2 Å². The van der Waals surface area contributed by atoms with Crippen LogP contribution in [0.4, 0.5) is 0 Å². The molecule has 0 bridgehead atoms. The van der Waals surface area contributed by atoms with Gasteiger partial charge < -0.3 is 5.11 Å². The molecule has 2 rings (SSSR count). The lowest BCUT2D eigenvalue weighted by molar-refractivity contribution is 0.00633. The Bertz CT molecular complexity index is 382. The number of nitrogens with zero attached hydrogens (tertiary/aromatic N) is 1. The average molecular weight is 254 g/mol. The van der Waals surface area contributed by atoms with Crippen molar-refractivity contribution in [3.63, 3.8) is 0 Å². The number of hydrogen-bond acceptors (Lipinski definition) is 2. The second kappa shape index (κ2) is 5.38. The second-order valence-electron chi connectivity index (χ2n) is 5.16. The van der Waals surface area contributed by atoms with E-state index in [-0.39, 0.29) is 12.1 Å². The van der Waals surface area contributed by atoms with Gasteiger partial charge in [0, 0.05) is 17.1 Å². The Morgan fingerprint density at radius 2 is 2.24 bits per heavy atom. The van der Waals surface area contributed by atoms with Crippen molar-refractivity contribution in [3.05, 3.63) is 34.9 Å². The first kappa shape index (κ1) is 12.9. The molecule has 1 atom stereocenters. The fraction of sp³-hybridized carbons (Fsp3) is 0.571. The third-order valence-electron chi connectivity index (χ3n) is 3.76. The average Bonchev–Trinajstić information content (AvgIpc) is 2.32. The van der Waals surface area contributed by atoms with Gasteiger partial charge in [-0.15, -0.1) is 0 Å². The molecule has 17 heavy (non-hydrogen) atoms. The summed E-state index contributed by atoms with van der Waals surface area (Å²) in [5.74, 6) is 0. The quantitative estimate of drug-likeness (QED) is 0.895. The van der Waals surface area contributed by atoms with Gasteiger partial charge in [0.05, 0.1) is 6.61 Å². The lowest BCUT2D eigenvalue weighted by Gasteiger charge is -2.44. The molecule has 0 amide bonds. The van der Waals surface area contributed by atoms with Crippen molar-refractivity contribution in [2.75, 3.05) is 13.2 Å². The predicted molar refractivity (Wildman–Crippen MR) is 71.2 cm³/mol. The number of halogens is 1. The highest BCUT2D eigenvalue weighted by molar-refractivity contribution is 6.30. The summed E-state index contributed by atoms with van der Waals surface area (Å²) in [6.45, 7) is 4.31. The van der Waals surface area contributed by atoms with Crippen molar-refractivity contribution >= 4 is 11.6 Å². The van der Waals surface area contributed by atoms with Gasteiger partial charge in [-0.3, -0.25) is 4.90 Å². The number of likely N-dealkylation sites (tertiary alicyclic amines) is 1. The molecule has 0 radical (unpaired) electrons. The topological polar surface area (TPSA) is 23.5 Å². The lowest BCUT2D eigenvalue weighted by Crippen LogP contribution is -2.51. The third-order valence-corrected chi connectivity index (χ3v) is 4.00. The maximum atomic E-state index is 9.59. The Kier molecular flexibility index (Phi) is 4.08. The Hall–Kier alpha value is -0.570. The highest BCUT2D eigenvalue weighted by Crippen LogP contribution is 2.29. The lowest BCUT2D eigenvalue weighted by atomic mass is 9.89. The first-order valence-corrected chi connectivity index (χ1v) is 6.62. The van der Waals surface area contributed by atoms with Crippen LogP contribution in [-0.4, -0.2) is 28.7 Å². The molecule has 0 saturated carbocycles. The Labute approximate surface area is 108 Å². The van der Waals surface area contributed by atoms with Crippen LogP contribution in [0.3, 0.4) is 0 Å². The van der Waals surface area contributed by atoms with Crippen molar-refractivity contribution in [2.24, 2.45) is 0 Å². The fourth-order valence-corrected chi connectivity index (χ4v) is 2.75. The summed E-state index contributed by atoms with van der Waals surface area (Å²) in [6.07, 6.45) is 3.50. The maximum absolute atomic E-state index is 9.59. The van der Waals surface area contributed by atoms with E-state index in [1.54, 1.807) is 0 Å². The van der Waals surface area contributed by atoms with Crippen LogP contribution in [0.1, 0.15) is 31.7 Å². The van der Waals surface area contributed by atoms with Crippen molar-refractivity contribution in [2.45, 2.75) is 38.3 Å². The number of aliphatic hydroxyl groups is 1. The highest BCUT2D eigenvalue weighted by atomic mass is 35.5. The van der Waals surface area contributed by atoms with E-state index >= 15 is 0 Å². The summed E-state index contributed by atoms with van der Waals surface area (Å²) >= 11 is 6.00. The van der Waals surface area contributed by atoms with E-state index in [1.165, 1.54) is 18.4 Å². The van der Waals surface area contributed by atoms with Crippen LogP contribution in [0.15, 0.2) is 24.3 Å². The monoisotopic (exact) mass is 253 g/mol. The molecule has 0 unspecified atom stereocenters. The summed E-state index contributed by atoms with van der Waals surface area (Å²) in [6, 6.07) is 7.98. The molecule has 1 aromatic rings. The smallest absolute Gasteiger partial charge is 0.0612 e. The van der Waals surface area contributed by atoms with Crippen LogP contribution >= 0.6 is 11.6 Å². The molecule has 1 saturated heterocycles. The first-order chi connectivity index (χ1) is 8.14. The third kappa shape index (κ3) is 3.01. The minimum Gasteiger partial charge on any atom is -0.394 e. The van der Waals surface area contributed by atoms with E-state index in [2.05, 4.69) is 17.9 Å². The normalized spacial score (nSPS) is 26.1. The number of hydrogen-bond donors (Lipinski definition) is 1. The molecule has 0 aromatic heterocycles. The standard InChI is InChI=1S/C14H20ClNO/c1-14(11-17)7-2-3-8-16(14)10-12-5-4-6-13(15)9-12/h4-6,9,17H,2-3,7-8,10-11H2,1H3/t14-/m0/s1. The van der Waals surface area contributed by atoms with Gasteiger partial charge in [-0.2, -0.15) is 0 Å². The van der Waals surface area contributed by atoms with Crippen molar-refractivity contribution in [1.29, 1.82) is 0 Å². The van der Waals surface area contributed by atoms with Gasteiger partial charge in [0.15, 0.2) is 0 Å². The molecule has 0 aliphatic carbocycles. The van der Waals surface area contributed by atoms with Gasteiger partial charge in [0.25, 0.3) is 0 Å². The van der Waals surface area contributed by atoms with E-state index in [0.717, 1.165) is 24.5 Å².